The lowest BCUT2D eigenvalue weighted by Gasteiger charge is -2.08. The fourth-order valence-electron chi connectivity index (χ4n) is 2.02. The second kappa shape index (κ2) is 11.3. The van der Waals surface area contributed by atoms with Crippen LogP contribution in [-0.2, 0) is 11.3 Å². The molecule has 0 radical (unpaired) electrons. The third-order valence-electron chi connectivity index (χ3n) is 3.12. The number of anilines is 1. The first-order valence-corrected chi connectivity index (χ1v) is 7.78. The Bertz CT molecular complexity index is 692. The molecule has 0 saturated heterocycles. The Morgan fingerprint density at radius 2 is 1.92 bits per heavy atom. The van der Waals surface area contributed by atoms with Gasteiger partial charge in [-0.15, -0.1) is 24.0 Å². The predicted octanol–water partition coefficient (Wildman–Crippen LogP) is 2.75. The number of guanidine groups is 1. The molecule has 7 heteroatoms. The van der Waals surface area contributed by atoms with Crippen molar-refractivity contribution in [2.24, 2.45) is 10.7 Å². The number of para-hydroxylation sites is 1. The van der Waals surface area contributed by atoms with Gasteiger partial charge in [-0.3, -0.25) is 4.79 Å². The summed E-state index contributed by atoms with van der Waals surface area (Å²) >= 11 is 0. The highest BCUT2D eigenvalue weighted by Crippen LogP contribution is 2.14. The van der Waals surface area contributed by atoms with Crippen molar-refractivity contribution in [2.45, 2.75) is 13.5 Å². The van der Waals surface area contributed by atoms with E-state index in [9.17, 15) is 4.79 Å². The molecule has 0 atom stereocenters. The fourth-order valence-corrected chi connectivity index (χ4v) is 2.02. The van der Waals surface area contributed by atoms with Crippen LogP contribution < -0.4 is 21.1 Å². The van der Waals surface area contributed by atoms with Crippen molar-refractivity contribution < 1.29 is 9.53 Å². The molecule has 0 bridgehead atoms. The van der Waals surface area contributed by atoms with Gasteiger partial charge in [0.25, 0.3) is 5.91 Å². The highest BCUT2D eigenvalue weighted by Gasteiger charge is 2.02. The van der Waals surface area contributed by atoms with E-state index < -0.39 is 0 Å². The summed E-state index contributed by atoms with van der Waals surface area (Å²) in [5, 5.41) is 5.71. The van der Waals surface area contributed by atoms with E-state index in [4.69, 9.17) is 10.5 Å². The van der Waals surface area contributed by atoms with Crippen LogP contribution in [0.1, 0.15) is 12.5 Å². The molecule has 0 fully saturated rings. The van der Waals surface area contributed by atoms with Gasteiger partial charge >= 0.3 is 0 Å². The van der Waals surface area contributed by atoms with Crippen LogP contribution in [-0.4, -0.2) is 25.0 Å². The van der Waals surface area contributed by atoms with Crippen molar-refractivity contribution >= 4 is 41.5 Å². The third-order valence-corrected chi connectivity index (χ3v) is 3.12. The summed E-state index contributed by atoms with van der Waals surface area (Å²) in [7, 11) is 0. The molecular weight excluding hydrogens is 431 g/mol. The topological polar surface area (TPSA) is 88.7 Å². The average molecular weight is 454 g/mol. The molecule has 0 aliphatic rings. The van der Waals surface area contributed by atoms with Crippen LogP contribution in [0.5, 0.6) is 5.75 Å². The molecule has 0 aliphatic heterocycles. The molecule has 2 aromatic rings. The van der Waals surface area contributed by atoms with E-state index in [-0.39, 0.29) is 36.5 Å². The molecule has 134 valence electrons. The van der Waals surface area contributed by atoms with E-state index in [0.717, 1.165) is 11.3 Å². The first-order valence-electron chi connectivity index (χ1n) is 7.78. The quantitative estimate of drug-likeness (QED) is 0.341. The molecule has 2 aromatic carbocycles. The Morgan fingerprint density at radius 3 is 2.64 bits per heavy atom. The van der Waals surface area contributed by atoms with Gasteiger partial charge in [-0.05, 0) is 36.8 Å². The molecular formula is C18H23IN4O2. The van der Waals surface area contributed by atoms with E-state index in [1.54, 1.807) is 6.07 Å². The monoisotopic (exact) mass is 454 g/mol. The van der Waals surface area contributed by atoms with Gasteiger partial charge in [0.1, 0.15) is 5.75 Å². The van der Waals surface area contributed by atoms with Gasteiger partial charge in [0.2, 0.25) is 0 Å². The Labute approximate surface area is 164 Å². The van der Waals surface area contributed by atoms with Gasteiger partial charge in [0.05, 0.1) is 6.54 Å². The van der Waals surface area contributed by atoms with Crippen molar-refractivity contribution in [1.29, 1.82) is 0 Å². The highest BCUT2D eigenvalue weighted by atomic mass is 127. The molecule has 4 N–H and O–H groups in total. The van der Waals surface area contributed by atoms with Crippen molar-refractivity contribution in [1.82, 2.24) is 5.32 Å². The fraction of sp³-hybridized carbons (Fsp3) is 0.222. The summed E-state index contributed by atoms with van der Waals surface area (Å²) < 4.78 is 5.46. The van der Waals surface area contributed by atoms with Gasteiger partial charge in [-0.2, -0.15) is 0 Å². The second-order valence-corrected chi connectivity index (χ2v) is 5.08. The maximum Gasteiger partial charge on any atom is 0.257 e. The number of hydrogen-bond donors (Lipinski definition) is 3. The Balaban J connectivity index is 0.00000312. The number of nitrogens with one attached hydrogen (secondary N) is 2. The lowest BCUT2D eigenvalue weighted by Crippen LogP contribution is -2.28. The van der Waals surface area contributed by atoms with Gasteiger partial charge in [0, 0.05) is 12.2 Å². The van der Waals surface area contributed by atoms with Crippen LogP contribution in [0.4, 0.5) is 5.69 Å². The number of nitrogens with zero attached hydrogens (tertiary/aromatic N) is 1. The molecule has 0 aromatic heterocycles. The Morgan fingerprint density at radius 1 is 1.16 bits per heavy atom. The number of amides is 1. The van der Waals surface area contributed by atoms with Crippen molar-refractivity contribution in [3.8, 4) is 5.75 Å². The molecule has 0 heterocycles. The van der Waals surface area contributed by atoms with E-state index in [0.29, 0.717) is 24.8 Å². The van der Waals surface area contributed by atoms with E-state index >= 15 is 0 Å². The molecule has 2 rings (SSSR count). The highest BCUT2D eigenvalue weighted by molar-refractivity contribution is 14.0. The minimum absolute atomic E-state index is 0. The number of aliphatic imine (C=N–C) groups is 1. The predicted molar refractivity (Wildman–Crippen MR) is 111 cm³/mol. The summed E-state index contributed by atoms with van der Waals surface area (Å²) in [5.74, 6) is 0.829. The Hall–Kier alpha value is -2.29. The standard InChI is InChI=1S/C18H22N4O2.HI/c1-2-20-17(23)13-24-16-10-6-7-14(11-16)12-21-18(19)22-15-8-4-3-5-9-15;/h3-11H,2,12-13H2,1H3,(H,20,23)(H3,19,21,22);1H. The summed E-state index contributed by atoms with van der Waals surface area (Å²) in [6, 6.07) is 17.0. The molecule has 0 spiro atoms. The lowest BCUT2D eigenvalue weighted by atomic mass is 10.2. The van der Waals surface area contributed by atoms with Gasteiger partial charge < -0.3 is 21.1 Å². The zero-order valence-corrected chi connectivity index (χ0v) is 16.4. The minimum atomic E-state index is -0.141. The van der Waals surface area contributed by atoms with E-state index in [1.807, 2.05) is 55.5 Å². The van der Waals surface area contributed by atoms with Crippen molar-refractivity contribution in [2.75, 3.05) is 18.5 Å². The molecule has 0 saturated carbocycles. The molecule has 0 aliphatic carbocycles. The maximum absolute atomic E-state index is 11.4. The second-order valence-electron chi connectivity index (χ2n) is 5.08. The number of halogens is 1. The largest absolute Gasteiger partial charge is 0.484 e. The lowest BCUT2D eigenvalue weighted by molar-refractivity contribution is -0.122. The number of rotatable bonds is 7. The van der Waals surface area contributed by atoms with E-state index in [2.05, 4.69) is 15.6 Å². The minimum Gasteiger partial charge on any atom is -0.484 e. The number of ether oxygens (including phenoxy) is 1. The first kappa shape index (κ1) is 20.8. The number of carbonyl (C=O) groups excluding carboxylic acids is 1. The molecule has 1 amide bonds. The van der Waals surface area contributed by atoms with Gasteiger partial charge in [0.15, 0.2) is 12.6 Å². The smallest absolute Gasteiger partial charge is 0.257 e. The summed E-state index contributed by atoms with van der Waals surface area (Å²) in [6.45, 7) is 2.87. The van der Waals surface area contributed by atoms with Crippen molar-refractivity contribution in [3.63, 3.8) is 0 Å². The summed E-state index contributed by atoms with van der Waals surface area (Å²) in [4.78, 5) is 15.7. The number of likely N-dealkylation sites (N-methyl/N-ethyl adjacent to an activating group) is 1. The van der Waals surface area contributed by atoms with Crippen molar-refractivity contribution in [3.05, 3.63) is 60.2 Å². The van der Waals surface area contributed by atoms with Gasteiger partial charge in [-0.1, -0.05) is 30.3 Å². The molecule has 6 nitrogen and oxygen atoms in total. The number of benzene rings is 2. The zero-order valence-electron chi connectivity index (χ0n) is 14.1. The molecule has 0 unspecified atom stereocenters. The van der Waals surface area contributed by atoms with E-state index in [1.165, 1.54) is 0 Å². The first-order chi connectivity index (χ1) is 11.7. The average Bonchev–Trinajstić information content (AvgIpc) is 2.60. The summed E-state index contributed by atoms with van der Waals surface area (Å²) in [6.07, 6.45) is 0. The van der Waals surface area contributed by atoms with Crippen LogP contribution in [0, 0.1) is 0 Å². The summed E-state index contributed by atoms with van der Waals surface area (Å²) in [5.41, 5.74) is 7.71. The zero-order chi connectivity index (χ0) is 17.2. The van der Waals surface area contributed by atoms with Crippen LogP contribution in [0.25, 0.3) is 0 Å². The third kappa shape index (κ3) is 7.88. The van der Waals surface area contributed by atoms with Crippen LogP contribution in [0.2, 0.25) is 0 Å². The number of carbonyl (C=O) groups is 1. The number of nitrogens with two attached hydrogens (primary N) is 1. The normalized spacial score (nSPS) is 10.5. The van der Waals surface area contributed by atoms with Crippen LogP contribution >= 0.6 is 24.0 Å². The maximum atomic E-state index is 11.4. The SMILES string of the molecule is CCNC(=O)COc1cccc(CN=C(N)Nc2ccccc2)c1.I. The van der Waals surface area contributed by atoms with Crippen LogP contribution in [0.3, 0.4) is 0 Å². The molecule has 25 heavy (non-hydrogen) atoms. The number of hydrogen-bond acceptors (Lipinski definition) is 3. The van der Waals surface area contributed by atoms with Crippen LogP contribution in [0.15, 0.2) is 59.6 Å². The van der Waals surface area contributed by atoms with Gasteiger partial charge in [-0.25, -0.2) is 4.99 Å². The Kier molecular flexibility index (Phi) is 9.38.